The maximum atomic E-state index is 13.6. The first-order valence-corrected chi connectivity index (χ1v) is 17.1. The van der Waals surface area contributed by atoms with Crippen LogP contribution in [0.15, 0.2) is 34.8 Å². The first-order chi connectivity index (χ1) is 22.6. The molecule has 3 atom stereocenters. The number of ether oxygens (including phenoxy) is 3. The van der Waals surface area contributed by atoms with Gasteiger partial charge >= 0.3 is 12.1 Å². The fraction of sp³-hybridized carbons (Fsp3) is 0.500. The number of thiazole rings is 1. The van der Waals surface area contributed by atoms with Crippen LogP contribution in [0.3, 0.4) is 0 Å². The second kappa shape index (κ2) is 15.0. The van der Waals surface area contributed by atoms with Crippen LogP contribution in [0.4, 0.5) is 9.93 Å². The lowest BCUT2D eigenvalue weighted by molar-refractivity contribution is -0.162. The molecule has 48 heavy (non-hydrogen) atoms. The van der Waals surface area contributed by atoms with Crippen molar-refractivity contribution in [3.63, 3.8) is 0 Å². The Balaban J connectivity index is 1.43. The molecule has 4 rings (SSSR count). The maximum absolute atomic E-state index is 13.6. The Kier molecular flexibility index (Phi) is 11.5. The highest BCUT2D eigenvalue weighted by Crippen LogP contribution is 2.43. The van der Waals surface area contributed by atoms with Crippen molar-refractivity contribution in [2.75, 3.05) is 30.6 Å². The summed E-state index contributed by atoms with van der Waals surface area (Å²) in [6.07, 6.45) is -0.339. The summed E-state index contributed by atoms with van der Waals surface area (Å²) in [6, 6.07) is 6.13. The number of anilines is 1. The molecule has 260 valence electrons. The number of nitrogens with zero attached hydrogens (tertiary/aromatic N) is 3. The minimum Gasteiger partial charge on any atom is -0.497 e. The summed E-state index contributed by atoms with van der Waals surface area (Å²) in [7, 11) is 1.56. The highest BCUT2D eigenvalue weighted by atomic mass is 35.5. The van der Waals surface area contributed by atoms with Gasteiger partial charge in [-0.1, -0.05) is 17.3 Å². The van der Waals surface area contributed by atoms with E-state index in [0.29, 0.717) is 12.2 Å². The molecule has 4 amide bonds. The number of aromatic nitrogens is 1. The molecule has 0 spiro atoms. The minimum atomic E-state index is -1.43. The van der Waals surface area contributed by atoms with Crippen molar-refractivity contribution in [3.8, 4) is 5.75 Å². The standard InChI is InChI=1S/C30H37ClN6O9S2/c1-28(2,3)45-27(42)35-29(4,5)46-36-20(19-12-47-26(33-19)32-16-38)22(39)34-21-23(40)37-14-30(13-31,15-48-24(21)37)25(41)44-11-17-7-9-18(43-6)10-8-17/h7-10,12,16,21,24H,11,13-15H2,1-6H3,(H,34,39)(H,35,42)(H,32,33,38)/t21?,24-,30?/m1/s1. The van der Waals surface area contributed by atoms with E-state index in [2.05, 4.69) is 26.1 Å². The second-order valence-electron chi connectivity index (χ2n) is 12.4. The Morgan fingerprint density at radius 3 is 2.52 bits per heavy atom. The molecule has 0 radical (unpaired) electrons. The average Bonchev–Trinajstić information content (AvgIpc) is 3.49. The fourth-order valence-electron chi connectivity index (χ4n) is 4.56. The quantitative estimate of drug-likeness (QED) is 0.0524. The lowest BCUT2D eigenvalue weighted by Crippen LogP contribution is -2.74. The van der Waals surface area contributed by atoms with Gasteiger partial charge < -0.3 is 34.6 Å². The third kappa shape index (κ3) is 8.87. The van der Waals surface area contributed by atoms with Gasteiger partial charge in [-0.25, -0.2) is 9.78 Å². The average molecular weight is 725 g/mol. The van der Waals surface area contributed by atoms with Crippen LogP contribution in [0, 0.1) is 5.41 Å². The first kappa shape index (κ1) is 36.7. The Morgan fingerprint density at radius 1 is 1.19 bits per heavy atom. The number of carbonyl (C=O) groups is 5. The molecule has 2 aliphatic rings. The van der Waals surface area contributed by atoms with E-state index in [1.807, 2.05) is 0 Å². The summed E-state index contributed by atoms with van der Waals surface area (Å²) < 4.78 is 16.0. The molecule has 1 aromatic carbocycles. The number of benzene rings is 1. The molecule has 18 heteroatoms. The summed E-state index contributed by atoms with van der Waals surface area (Å²) in [6.45, 7) is 8.13. The molecule has 2 unspecified atom stereocenters. The van der Waals surface area contributed by atoms with E-state index in [4.69, 9.17) is 30.6 Å². The number of rotatable bonds is 13. The first-order valence-electron chi connectivity index (χ1n) is 14.6. The molecule has 3 heterocycles. The van der Waals surface area contributed by atoms with E-state index in [-0.39, 0.29) is 41.3 Å². The molecule has 2 aliphatic heterocycles. The predicted octanol–water partition coefficient (Wildman–Crippen LogP) is 3.07. The fourth-order valence-corrected chi connectivity index (χ4v) is 7.15. The lowest BCUT2D eigenvalue weighted by atomic mass is 9.89. The number of esters is 1. The van der Waals surface area contributed by atoms with Crippen LogP contribution in [0.5, 0.6) is 5.75 Å². The molecule has 1 aromatic heterocycles. The Bertz CT molecular complexity index is 1560. The van der Waals surface area contributed by atoms with E-state index in [1.54, 1.807) is 52.1 Å². The van der Waals surface area contributed by atoms with E-state index in [1.165, 1.54) is 35.9 Å². The van der Waals surface area contributed by atoms with Gasteiger partial charge in [0.2, 0.25) is 18.0 Å². The number of alkyl halides is 1. The van der Waals surface area contributed by atoms with Crippen LogP contribution in [0.2, 0.25) is 0 Å². The summed E-state index contributed by atoms with van der Waals surface area (Å²) in [5.41, 5.74) is -2.83. The monoisotopic (exact) mass is 724 g/mol. The molecule has 3 N–H and O–H groups in total. The van der Waals surface area contributed by atoms with Crippen molar-refractivity contribution in [2.24, 2.45) is 10.6 Å². The lowest BCUT2D eigenvalue weighted by Gasteiger charge is -2.53. The predicted molar refractivity (Wildman–Crippen MR) is 179 cm³/mol. The van der Waals surface area contributed by atoms with Crippen molar-refractivity contribution in [3.05, 3.63) is 40.9 Å². The van der Waals surface area contributed by atoms with Gasteiger partial charge in [0, 0.05) is 23.6 Å². The number of methoxy groups -OCH3 is 1. The van der Waals surface area contributed by atoms with E-state index >= 15 is 0 Å². The van der Waals surface area contributed by atoms with Crippen LogP contribution >= 0.6 is 34.7 Å². The van der Waals surface area contributed by atoms with Crippen molar-refractivity contribution < 1.29 is 43.0 Å². The van der Waals surface area contributed by atoms with Gasteiger partial charge in [0.15, 0.2) is 10.8 Å². The molecule has 2 fully saturated rings. The molecule has 2 saturated heterocycles. The third-order valence-corrected chi connectivity index (χ3v) is 9.83. The number of hydrogen-bond donors (Lipinski definition) is 3. The van der Waals surface area contributed by atoms with Crippen LogP contribution in [-0.2, 0) is 40.1 Å². The molecular formula is C30H37ClN6O9S2. The number of amides is 4. The topological polar surface area (TPSA) is 187 Å². The van der Waals surface area contributed by atoms with Crippen molar-refractivity contribution >= 4 is 75.8 Å². The van der Waals surface area contributed by atoms with Gasteiger partial charge in [-0.3, -0.25) is 24.5 Å². The number of thioether (sulfide) groups is 1. The van der Waals surface area contributed by atoms with Crippen LogP contribution in [0.1, 0.15) is 45.9 Å². The van der Waals surface area contributed by atoms with Gasteiger partial charge in [-0.15, -0.1) is 34.7 Å². The number of halogens is 1. The molecule has 15 nitrogen and oxygen atoms in total. The number of nitrogens with one attached hydrogen (secondary N) is 3. The highest BCUT2D eigenvalue weighted by molar-refractivity contribution is 8.00. The molecule has 0 bridgehead atoms. The SMILES string of the molecule is COc1ccc(COC(=O)C2(CCl)CS[C@@H]3C(NC(=O)C(=NOC(C)(C)NC(=O)OC(C)(C)C)c4csc(NC=O)n4)C(=O)N3C2)cc1. The highest BCUT2D eigenvalue weighted by Gasteiger charge is 2.58. The summed E-state index contributed by atoms with van der Waals surface area (Å²) in [4.78, 5) is 74.5. The zero-order valence-corrected chi connectivity index (χ0v) is 29.5. The number of hydrogen-bond acceptors (Lipinski definition) is 13. The summed E-state index contributed by atoms with van der Waals surface area (Å²) in [5, 5.41) is 12.8. The molecular weight excluding hydrogens is 688 g/mol. The molecule has 0 saturated carbocycles. The zero-order chi connectivity index (χ0) is 35.3. The van der Waals surface area contributed by atoms with Crippen LogP contribution in [-0.4, -0.2) is 93.9 Å². The summed E-state index contributed by atoms with van der Waals surface area (Å²) in [5.74, 6) is -0.898. The van der Waals surface area contributed by atoms with E-state index < -0.39 is 52.0 Å². The maximum Gasteiger partial charge on any atom is 0.410 e. The number of β-lactam (4-membered cyclic amide) rings is 1. The van der Waals surface area contributed by atoms with Crippen molar-refractivity contribution in [1.29, 1.82) is 0 Å². The van der Waals surface area contributed by atoms with Gasteiger partial charge in [0.05, 0.1) is 7.11 Å². The zero-order valence-electron chi connectivity index (χ0n) is 27.2. The Hall–Kier alpha value is -4.09. The largest absolute Gasteiger partial charge is 0.497 e. The van der Waals surface area contributed by atoms with Crippen molar-refractivity contribution in [2.45, 2.75) is 64.0 Å². The van der Waals surface area contributed by atoms with Crippen LogP contribution < -0.4 is 20.7 Å². The van der Waals surface area contributed by atoms with Crippen LogP contribution in [0.25, 0.3) is 0 Å². The van der Waals surface area contributed by atoms with Gasteiger partial charge in [-0.05, 0) is 52.3 Å². The molecule has 2 aromatic rings. The minimum absolute atomic E-state index is 0.0161. The third-order valence-electron chi connectivity index (χ3n) is 6.96. The number of oxime groups is 1. The van der Waals surface area contributed by atoms with E-state index in [9.17, 15) is 24.0 Å². The normalized spacial score (nSPS) is 20.9. The van der Waals surface area contributed by atoms with Gasteiger partial charge in [0.25, 0.3) is 5.91 Å². The summed E-state index contributed by atoms with van der Waals surface area (Å²) >= 11 is 8.62. The Morgan fingerprint density at radius 2 is 1.90 bits per heavy atom. The van der Waals surface area contributed by atoms with Gasteiger partial charge in [-0.2, -0.15) is 0 Å². The second-order valence-corrected chi connectivity index (χ2v) is 14.7. The number of carbonyl (C=O) groups excluding carboxylic acids is 5. The number of fused-ring (bicyclic) bond motifs is 1. The van der Waals surface area contributed by atoms with Crippen molar-refractivity contribution in [1.82, 2.24) is 20.5 Å². The van der Waals surface area contributed by atoms with Gasteiger partial charge in [0.1, 0.15) is 40.5 Å². The molecule has 0 aliphatic carbocycles. The number of alkyl carbamates (subject to hydrolysis) is 1. The Labute approximate surface area is 290 Å². The van der Waals surface area contributed by atoms with E-state index in [0.717, 1.165) is 16.9 Å². The smallest absolute Gasteiger partial charge is 0.410 e.